The van der Waals surface area contributed by atoms with Gasteiger partial charge in [0.25, 0.3) is 11.8 Å². The van der Waals surface area contributed by atoms with E-state index < -0.39 is 11.7 Å². The lowest BCUT2D eigenvalue weighted by molar-refractivity contribution is 0.0712. The summed E-state index contributed by atoms with van der Waals surface area (Å²) in [6.07, 6.45) is 4.58. The second kappa shape index (κ2) is 9.40. The van der Waals surface area contributed by atoms with Gasteiger partial charge in [0.2, 0.25) is 0 Å². The number of hydrogen-bond acceptors (Lipinski definition) is 4. The van der Waals surface area contributed by atoms with E-state index in [2.05, 4.69) is 16.4 Å². The molecular weight excluding hydrogens is 407 g/mol. The molecule has 6 nitrogen and oxygen atoms in total. The zero-order chi connectivity index (χ0) is 22.5. The molecule has 0 aliphatic carbocycles. The minimum atomic E-state index is -0.608. The number of pyridine rings is 1. The third kappa shape index (κ3) is 4.65. The van der Waals surface area contributed by atoms with Crippen molar-refractivity contribution in [1.29, 1.82) is 5.26 Å². The van der Waals surface area contributed by atoms with Gasteiger partial charge in [-0.3, -0.25) is 14.6 Å². The van der Waals surface area contributed by atoms with E-state index in [1.54, 1.807) is 4.90 Å². The number of halogens is 1. The number of rotatable bonds is 4. The van der Waals surface area contributed by atoms with E-state index in [9.17, 15) is 14.0 Å². The van der Waals surface area contributed by atoms with Crippen molar-refractivity contribution < 1.29 is 14.0 Å². The summed E-state index contributed by atoms with van der Waals surface area (Å²) < 4.78 is 14.3. The highest BCUT2D eigenvalue weighted by Crippen LogP contribution is 2.29. The maximum Gasteiger partial charge on any atom is 0.255 e. The third-order valence-corrected chi connectivity index (χ3v) is 5.70. The van der Waals surface area contributed by atoms with Crippen molar-refractivity contribution >= 4 is 17.5 Å². The average Bonchev–Trinajstić information content (AvgIpc) is 2.85. The monoisotopic (exact) mass is 428 g/mol. The molecule has 32 heavy (non-hydrogen) atoms. The Hall–Kier alpha value is -4.05. The molecule has 4 rings (SSSR count). The molecule has 160 valence electrons. The molecule has 1 aliphatic rings. The van der Waals surface area contributed by atoms with Crippen molar-refractivity contribution in [2.24, 2.45) is 0 Å². The summed E-state index contributed by atoms with van der Waals surface area (Å²) in [6.45, 7) is 1.17. The minimum Gasteiger partial charge on any atom is -0.339 e. The highest BCUT2D eigenvalue weighted by molar-refractivity contribution is 6.05. The number of piperidine rings is 1. The predicted octanol–water partition coefficient (Wildman–Crippen LogP) is 4.36. The molecule has 2 aromatic carbocycles. The van der Waals surface area contributed by atoms with Crippen LogP contribution in [0.25, 0.3) is 0 Å². The van der Waals surface area contributed by atoms with Crippen molar-refractivity contribution in [2.45, 2.75) is 18.8 Å². The number of nitriles is 1. The van der Waals surface area contributed by atoms with Crippen LogP contribution in [-0.2, 0) is 0 Å². The number of benzene rings is 2. The first-order chi connectivity index (χ1) is 15.5. The lowest BCUT2D eigenvalue weighted by Gasteiger charge is -2.32. The number of nitrogens with one attached hydrogen (secondary N) is 1. The number of hydrogen-bond donors (Lipinski definition) is 1. The number of amides is 2. The second-order valence-corrected chi connectivity index (χ2v) is 7.68. The Balaban J connectivity index is 1.42. The van der Waals surface area contributed by atoms with Crippen LogP contribution in [0.2, 0.25) is 0 Å². The number of carbonyl (C=O) groups is 2. The molecule has 1 N–H and O–H groups in total. The molecule has 3 aromatic rings. The fourth-order valence-electron chi connectivity index (χ4n) is 3.88. The smallest absolute Gasteiger partial charge is 0.255 e. The highest BCUT2D eigenvalue weighted by atomic mass is 19.1. The summed E-state index contributed by atoms with van der Waals surface area (Å²) in [7, 11) is 0. The van der Waals surface area contributed by atoms with Crippen LogP contribution in [0.3, 0.4) is 0 Å². The third-order valence-electron chi connectivity index (χ3n) is 5.70. The van der Waals surface area contributed by atoms with E-state index in [-0.39, 0.29) is 11.6 Å². The first-order valence-electron chi connectivity index (χ1n) is 10.4. The quantitative estimate of drug-likeness (QED) is 0.669. The van der Waals surface area contributed by atoms with Crippen LogP contribution < -0.4 is 5.32 Å². The van der Waals surface area contributed by atoms with Crippen LogP contribution in [0.5, 0.6) is 0 Å². The maximum atomic E-state index is 14.3. The van der Waals surface area contributed by atoms with Gasteiger partial charge in [-0.2, -0.15) is 5.26 Å². The minimum absolute atomic E-state index is 0.0369. The number of nitrogens with zero attached hydrogens (tertiary/aromatic N) is 3. The summed E-state index contributed by atoms with van der Waals surface area (Å²) in [5, 5.41) is 11.5. The molecule has 0 spiro atoms. The molecular formula is C25H21FN4O2. The Morgan fingerprint density at radius 3 is 2.34 bits per heavy atom. The van der Waals surface area contributed by atoms with Gasteiger partial charge >= 0.3 is 0 Å². The van der Waals surface area contributed by atoms with Gasteiger partial charge in [-0.1, -0.05) is 12.1 Å². The molecule has 7 heteroatoms. The van der Waals surface area contributed by atoms with E-state index in [0.29, 0.717) is 35.7 Å². The Kier molecular flexibility index (Phi) is 6.22. The molecule has 1 aliphatic heterocycles. The van der Waals surface area contributed by atoms with Crippen LogP contribution >= 0.6 is 0 Å². The first kappa shape index (κ1) is 21.2. The molecule has 0 saturated carbocycles. The van der Waals surface area contributed by atoms with Crippen molar-refractivity contribution in [3.05, 3.63) is 95.1 Å². The summed E-state index contributed by atoms with van der Waals surface area (Å²) in [4.78, 5) is 30.9. The van der Waals surface area contributed by atoms with Crippen LogP contribution in [0.1, 0.15) is 50.6 Å². The Bertz CT molecular complexity index is 1160. The normalized spacial score (nSPS) is 13.9. The largest absolute Gasteiger partial charge is 0.339 e. The van der Waals surface area contributed by atoms with Crippen LogP contribution in [0.4, 0.5) is 10.1 Å². The Labute approximate surface area is 185 Å². The summed E-state index contributed by atoms with van der Waals surface area (Å²) in [6, 6.07) is 16.7. The Morgan fingerprint density at radius 1 is 1.00 bits per heavy atom. The van der Waals surface area contributed by atoms with Crippen molar-refractivity contribution in [3.63, 3.8) is 0 Å². The summed E-state index contributed by atoms with van der Waals surface area (Å²) in [5.74, 6) is -0.944. The topological polar surface area (TPSA) is 86.1 Å². The molecule has 0 unspecified atom stereocenters. The molecule has 2 amide bonds. The SMILES string of the molecule is N#Cc1ccc(C2CCN(C(=O)c3ccc(F)c(NC(=O)c4ccncc4)c3)CC2)cc1. The molecule has 1 saturated heterocycles. The van der Waals surface area contributed by atoms with Gasteiger partial charge in [-0.15, -0.1) is 0 Å². The molecule has 0 bridgehead atoms. The second-order valence-electron chi connectivity index (χ2n) is 7.68. The molecule has 1 fully saturated rings. The summed E-state index contributed by atoms with van der Waals surface area (Å²) in [5.41, 5.74) is 2.43. The maximum absolute atomic E-state index is 14.3. The number of carbonyl (C=O) groups excluding carboxylic acids is 2. The number of anilines is 1. The fraction of sp³-hybridized carbons (Fsp3) is 0.200. The van der Waals surface area contributed by atoms with Gasteiger partial charge in [0.05, 0.1) is 17.3 Å². The van der Waals surface area contributed by atoms with Crippen molar-refractivity contribution in [2.75, 3.05) is 18.4 Å². The number of likely N-dealkylation sites (tertiary alicyclic amines) is 1. The average molecular weight is 428 g/mol. The summed E-state index contributed by atoms with van der Waals surface area (Å²) >= 11 is 0. The number of aromatic nitrogens is 1. The van der Waals surface area contributed by atoms with E-state index >= 15 is 0 Å². The van der Waals surface area contributed by atoms with Gasteiger partial charge in [0.15, 0.2) is 0 Å². The van der Waals surface area contributed by atoms with Gasteiger partial charge in [0, 0.05) is 36.6 Å². The molecule has 0 radical (unpaired) electrons. The first-order valence-corrected chi connectivity index (χ1v) is 10.4. The lowest BCUT2D eigenvalue weighted by atomic mass is 9.89. The fourth-order valence-corrected chi connectivity index (χ4v) is 3.88. The van der Waals surface area contributed by atoms with Gasteiger partial charge in [-0.25, -0.2) is 4.39 Å². The van der Waals surface area contributed by atoms with Crippen LogP contribution in [-0.4, -0.2) is 34.8 Å². The predicted molar refractivity (Wildman–Crippen MR) is 118 cm³/mol. The van der Waals surface area contributed by atoms with E-state index in [0.717, 1.165) is 12.8 Å². The van der Waals surface area contributed by atoms with E-state index in [4.69, 9.17) is 5.26 Å². The standard InChI is InChI=1S/C25H21FN4O2/c26-22-6-5-21(15-23(22)29-24(31)20-7-11-28-12-8-20)25(32)30-13-9-19(10-14-30)18-3-1-17(16-27)2-4-18/h1-8,11-12,15,19H,9-10,13-14H2,(H,29,31). The molecule has 1 aromatic heterocycles. The Morgan fingerprint density at radius 2 is 1.69 bits per heavy atom. The van der Waals surface area contributed by atoms with E-state index in [1.807, 2.05) is 24.3 Å². The zero-order valence-corrected chi connectivity index (χ0v) is 17.3. The van der Waals surface area contributed by atoms with Crippen LogP contribution in [0.15, 0.2) is 67.0 Å². The zero-order valence-electron chi connectivity index (χ0n) is 17.3. The van der Waals surface area contributed by atoms with Gasteiger partial charge in [0.1, 0.15) is 5.82 Å². The highest BCUT2D eigenvalue weighted by Gasteiger charge is 2.25. The van der Waals surface area contributed by atoms with E-state index in [1.165, 1.54) is 48.3 Å². The van der Waals surface area contributed by atoms with Crippen molar-refractivity contribution in [3.8, 4) is 6.07 Å². The van der Waals surface area contributed by atoms with Gasteiger partial charge in [-0.05, 0) is 66.8 Å². The van der Waals surface area contributed by atoms with Crippen LogP contribution in [0, 0.1) is 17.1 Å². The van der Waals surface area contributed by atoms with Gasteiger partial charge < -0.3 is 10.2 Å². The lowest BCUT2D eigenvalue weighted by Crippen LogP contribution is -2.38. The molecule has 0 atom stereocenters. The van der Waals surface area contributed by atoms with Crippen molar-refractivity contribution in [1.82, 2.24) is 9.88 Å². The molecule has 2 heterocycles.